The van der Waals surface area contributed by atoms with Gasteiger partial charge in [-0.2, -0.15) is 0 Å². The first kappa shape index (κ1) is 18.5. The minimum Gasteiger partial charge on any atom is -0.493 e. The molecule has 0 saturated carbocycles. The predicted octanol–water partition coefficient (Wildman–Crippen LogP) is 3.56. The van der Waals surface area contributed by atoms with Crippen molar-refractivity contribution in [3.63, 3.8) is 0 Å². The summed E-state index contributed by atoms with van der Waals surface area (Å²) in [5, 5.41) is 3.93. The van der Waals surface area contributed by atoms with Crippen molar-refractivity contribution in [2.45, 2.75) is 12.8 Å². The second-order valence-electron chi connectivity index (χ2n) is 6.67. The third-order valence-corrected chi connectivity index (χ3v) is 5.91. The smallest absolute Gasteiger partial charge is 0.229 e. The Morgan fingerprint density at radius 3 is 2.89 bits per heavy atom. The van der Waals surface area contributed by atoms with Crippen LogP contribution in [0.5, 0.6) is 11.5 Å². The average molecular weight is 398 g/mol. The van der Waals surface area contributed by atoms with Crippen LogP contribution < -0.4 is 19.7 Å². The van der Waals surface area contributed by atoms with Crippen molar-refractivity contribution in [2.75, 3.05) is 37.5 Å². The highest BCUT2D eigenvalue weighted by molar-refractivity contribution is 7.21. The minimum absolute atomic E-state index is 0.0103. The number of aromatic nitrogens is 2. The highest BCUT2D eigenvalue weighted by Gasteiger charge is 2.27. The van der Waals surface area contributed by atoms with E-state index >= 15 is 0 Å². The number of benzene rings is 1. The fourth-order valence-electron chi connectivity index (χ4n) is 3.42. The lowest BCUT2D eigenvalue weighted by Crippen LogP contribution is -2.40. The third kappa shape index (κ3) is 3.73. The number of methoxy groups -OCH3 is 2. The number of carbonyl (C=O) groups excluding carboxylic acids is 1. The molecule has 1 atom stereocenters. The number of hydrogen-bond acceptors (Lipinski definition) is 7. The number of pyridine rings is 1. The number of rotatable bonds is 5. The van der Waals surface area contributed by atoms with Crippen LogP contribution in [0.4, 0.5) is 10.8 Å². The van der Waals surface area contributed by atoms with Gasteiger partial charge in [0.1, 0.15) is 10.3 Å². The molecule has 1 saturated heterocycles. The number of anilines is 2. The highest BCUT2D eigenvalue weighted by atomic mass is 32.1. The monoisotopic (exact) mass is 398 g/mol. The second kappa shape index (κ2) is 8.02. The van der Waals surface area contributed by atoms with E-state index in [2.05, 4.69) is 20.2 Å². The fourth-order valence-corrected chi connectivity index (χ4v) is 4.36. The van der Waals surface area contributed by atoms with Crippen molar-refractivity contribution < 1.29 is 14.3 Å². The summed E-state index contributed by atoms with van der Waals surface area (Å²) >= 11 is 1.57. The Bertz CT molecular complexity index is 957. The van der Waals surface area contributed by atoms with Gasteiger partial charge in [0, 0.05) is 31.0 Å². The summed E-state index contributed by atoms with van der Waals surface area (Å²) in [4.78, 5) is 25.0. The molecule has 0 bridgehead atoms. The molecule has 1 aliphatic rings. The van der Waals surface area contributed by atoms with E-state index in [0.29, 0.717) is 23.7 Å². The zero-order valence-electron chi connectivity index (χ0n) is 15.8. The molecule has 1 aromatic carbocycles. The third-order valence-electron chi connectivity index (χ3n) is 4.87. The number of thiazole rings is 1. The van der Waals surface area contributed by atoms with E-state index in [4.69, 9.17) is 9.47 Å². The molecule has 1 N–H and O–H groups in total. The average Bonchev–Trinajstić information content (AvgIpc) is 3.18. The van der Waals surface area contributed by atoms with Gasteiger partial charge in [-0.15, -0.1) is 0 Å². The van der Waals surface area contributed by atoms with Crippen LogP contribution in [0.15, 0.2) is 36.5 Å². The summed E-state index contributed by atoms with van der Waals surface area (Å²) in [6.45, 7) is 1.55. The van der Waals surface area contributed by atoms with E-state index in [1.54, 1.807) is 43.9 Å². The molecule has 2 aromatic heterocycles. The standard InChI is InChI=1S/C20H22N4O3S/c1-26-16-8-7-14(11-17(16)27-2)22-18(25)13-5-4-10-24(12-13)20-23-15-6-3-9-21-19(15)28-20/h3,6-9,11,13H,4-5,10,12H2,1-2H3,(H,22,25). The molecule has 1 aliphatic heterocycles. The Morgan fingerprint density at radius 2 is 2.11 bits per heavy atom. The molecule has 1 amide bonds. The Kier molecular flexibility index (Phi) is 5.29. The molecule has 1 unspecified atom stereocenters. The van der Waals surface area contributed by atoms with Gasteiger partial charge < -0.3 is 19.7 Å². The minimum atomic E-state index is -0.0955. The van der Waals surface area contributed by atoms with Crippen LogP contribution in [0.25, 0.3) is 10.3 Å². The van der Waals surface area contributed by atoms with Crippen molar-refractivity contribution in [3.8, 4) is 11.5 Å². The van der Waals surface area contributed by atoms with Crippen LogP contribution in [0, 0.1) is 5.92 Å². The molecule has 28 heavy (non-hydrogen) atoms. The van der Waals surface area contributed by atoms with E-state index in [-0.39, 0.29) is 11.8 Å². The van der Waals surface area contributed by atoms with E-state index in [0.717, 1.165) is 34.9 Å². The van der Waals surface area contributed by atoms with Crippen LogP contribution in [0.2, 0.25) is 0 Å². The SMILES string of the molecule is COc1ccc(NC(=O)C2CCCN(c3nc4cccnc4s3)C2)cc1OC. The summed E-state index contributed by atoms with van der Waals surface area (Å²) < 4.78 is 10.6. The summed E-state index contributed by atoms with van der Waals surface area (Å²) in [6.07, 6.45) is 3.59. The van der Waals surface area contributed by atoms with Crippen molar-refractivity contribution in [1.29, 1.82) is 0 Å². The Balaban J connectivity index is 1.46. The van der Waals surface area contributed by atoms with Gasteiger partial charge in [-0.3, -0.25) is 4.79 Å². The molecule has 8 heteroatoms. The lowest BCUT2D eigenvalue weighted by Gasteiger charge is -2.31. The van der Waals surface area contributed by atoms with Gasteiger partial charge in [0.05, 0.1) is 20.1 Å². The van der Waals surface area contributed by atoms with Crippen LogP contribution in [0.1, 0.15) is 12.8 Å². The Labute approximate surface area is 167 Å². The lowest BCUT2D eigenvalue weighted by molar-refractivity contribution is -0.120. The maximum atomic E-state index is 12.8. The van der Waals surface area contributed by atoms with Crippen LogP contribution in [0.3, 0.4) is 0 Å². The summed E-state index contributed by atoms with van der Waals surface area (Å²) in [7, 11) is 3.17. The molecular formula is C20H22N4O3S. The molecule has 0 aliphatic carbocycles. The van der Waals surface area contributed by atoms with Gasteiger partial charge in [0.15, 0.2) is 16.6 Å². The summed E-state index contributed by atoms with van der Waals surface area (Å²) in [5.41, 5.74) is 1.60. The van der Waals surface area contributed by atoms with Gasteiger partial charge in [-0.1, -0.05) is 11.3 Å². The van der Waals surface area contributed by atoms with Crippen molar-refractivity contribution in [2.24, 2.45) is 5.92 Å². The number of carbonyl (C=O) groups is 1. The number of hydrogen-bond donors (Lipinski definition) is 1. The zero-order chi connectivity index (χ0) is 19.5. The topological polar surface area (TPSA) is 76.6 Å². The lowest BCUT2D eigenvalue weighted by atomic mass is 9.97. The number of ether oxygens (including phenoxy) is 2. The van der Waals surface area contributed by atoms with Crippen molar-refractivity contribution >= 4 is 38.4 Å². The maximum absolute atomic E-state index is 12.8. The normalized spacial score (nSPS) is 16.8. The molecule has 3 heterocycles. The van der Waals surface area contributed by atoms with E-state index in [1.807, 2.05) is 18.2 Å². The van der Waals surface area contributed by atoms with E-state index in [9.17, 15) is 4.79 Å². The number of amides is 1. The largest absolute Gasteiger partial charge is 0.493 e. The second-order valence-corrected chi connectivity index (χ2v) is 7.62. The Hall–Kier alpha value is -2.87. The first-order chi connectivity index (χ1) is 13.7. The molecule has 0 radical (unpaired) electrons. The zero-order valence-corrected chi connectivity index (χ0v) is 16.7. The van der Waals surface area contributed by atoms with Crippen molar-refractivity contribution in [1.82, 2.24) is 9.97 Å². The fraction of sp³-hybridized carbons (Fsp3) is 0.350. The van der Waals surface area contributed by atoms with Crippen molar-refractivity contribution in [3.05, 3.63) is 36.5 Å². The summed E-state index contributed by atoms with van der Waals surface area (Å²) in [5.74, 6) is 1.14. The van der Waals surface area contributed by atoms with Gasteiger partial charge >= 0.3 is 0 Å². The molecular weight excluding hydrogens is 376 g/mol. The molecule has 0 spiro atoms. The van der Waals surface area contributed by atoms with Gasteiger partial charge in [0.2, 0.25) is 5.91 Å². The van der Waals surface area contributed by atoms with Crippen LogP contribution in [-0.2, 0) is 4.79 Å². The number of nitrogens with zero attached hydrogens (tertiary/aromatic N) is 3. The van der Waals surface area contributed by atoms with E-state index < -0.39 is 0 Å². The molecule has 4 rings (SSSR count). The van der Waals surface area contributed by atoms with E-state index in [1.165, 1.54) is 0 Å². The number of piperidine rings is 1. The quantitative estimate of drug-likeness (QED) is 0.708. The first-order valence-corrected chi connectivity index (χ1v) is 9.99. The van der Waals surface area contributed by atoms with Crippen LogP contribution in [-0.4, -0.2) is 43.2 Å². The Morgan fingerprint density at radius 1 is 1.25 bits per heavy atom. The van der Waals surface area contributed by atoms with Gasteiger partial charge in [0.25, 0.3) is 0 Å². The highest BCUT2D eigenvalue weighted by Crippen LogP contribution is 2.32. The first-order valence-electron chi connectivity index (χ1n) is 9.17. The van der Waals surface area contributed by atoms with Gasteiger partial charge in [-0.05, 0) is 37.1 Å². The molecule has 7 nitrogen and oxygen atoms in total. The summed E-state index contributed by atoms with van der Waals surface area (Å²) in [6, 6.07) is 9.24. The predicted molar refractivity (Wildman–Crippen MR) is 111 cm³/mol. The van der Waals surface area contributed by atoms with Crippen LogP contribution >= 0.6 is 11.3 Å². The molecule has 3 aromatic rings. The molecule has 1 fully saturated rings. The number of fused-ring (bicyclic) bond motifs is 1. The van der Waals surface area contributed by atoms with Gasteiger partial charge in [-0.25, -0.2) is 9.97 Å². The molecule has 146 valence electrons. The number of nitrogens with one attached hydrogen (secondary N) is 1. The maximum Gasteiger partial charge on any atom is 0.229 e.